The van der Waals surface area contributed by atoms with Crippen LogP contribution < -0.4 is 20.3 Å². The standard InChI is InChI=1S/C23H31N7O5S/c1-17(31)35-13-8-20-16-25-10-11-30(20)22-18(14-24)15-26-23(29-22)28-19-4-6-21(7-5-19)36(32,33)27-9-3-12-34-2/h4-7,15,20,25,27H,3,8-13,16H2,1-2H3,(H,26,28,29). The Morgan fingerprint density at radius 3 is 2.78 bits per heavy atom. The fraction of sp³-hybridized carbons (Fsp3) is 0.478. The van der Waals surface area contributed by atoms with Gasteiger partial charge >= 0.3 is 5.97 Å². The molecule has 3 N–H and O–H groups in total. The van der Waals surface area contributed by atoms with Crippen molar-refractivity contribution in [3.8, 4) is 6.07 Å². The lowest BCUT2D eigenvalue weighted by Crippen LogP contribution is -2.52. The van der Waals surface area contributed by atoms with Gasteiger partial charge in [0, 0.05) is 65.0 Å². The van der Waals surface area contributed by atoms with E-state index in [2.05, 4.69) is 31.4 Å². The highest BCUT2D eigenvalue weighted by Crippen LogP contribution is 2.25. The predicted molar refractivity (Wildman–Crippen MR) is 133 cm³/mol. The van der Waals surface area contributed by atoms with Crippen LogP contribution in [0.4, 0.5) is 17.5 Å². The number of carbonyl (C=O) groups is 1. The Morgan fingerprint density at radius 1 is 1.31 bits per heavy atom. The van der Waals surface area contributed by atoms with Crippen LogP contribution in [0.3, 0.4) is 0 Å². The molecule has 1 saturated heterocycles. The Balaban J connectivity index is 1.73. The number of carbonyl (C=O) groups excluding carboxylic acids is 1. The molecule has 1 unspecified atom stereocenters. The molecule has 1 aliphatic heterocycles. The average Bonchev–Trinajstić information content (AvgIpc) is 2.87. The Labute approximate surface area is 211 Å². The minimum atomic E-state index is -3.62. The molecular weight excluding hydrogens is 486 g/mol. The molecule has 3 rings (SSSR count). The highest BCUT2D eigenvalue weighted by atomic mass is 32.2. The SMILES string of the molecule is COCCCNS(=O)(=O)c1ccc(Nc2ncc(C#N)c(N3CCNCC3CCOC(C)=O)n2)cc1. The molecule has 2 heterocycles. The van der Waals surface area contributed by atoms with Gasteiger partial charge in [-0.3, -0.25) is 4.79 Å². The van der Waals surface area contributed by atoms with Crippen LogP contribution in [0.15, 0.2) is 35.4 Å². The first kappa shape index (κ1) is 27.3. The Hall–Kier alpha value is -3.31. The summed E-state index contributed by atoms with van der Waals surface area (Å²) in [5, 5.41) is 16.0. The molecule has 0 radical (unpaired) electrons. The molecule has 0 amide bonds. The minimum absolute atomic E-state index is 0.0196. The van der Waals surface area contributed by atoms with Gasteiger partial charge in [-0.15, -0.1) is 0 Å². The summed E-state index contributed by atoms with van der Waals surface area (Å²) in [6, 6.07) is 8.36. The molecule has 1 aromatic carbocycles. The summed E-state index contributed by atoms with van der Waals surface area (Å²) in [5.41, 5.74) is 0.927. The van der Waals surface area contributed by atoms with E-state index in [1.54, 1.807) is 19.2 Å². The van der Waals surface area contributed by atoms with Crippen LogP contribution in [0.25, 0.3) is 0 Å². The topological polar surface area (TPSA) is 159 Å². The minimum Gasteiger partial charge on any atom is -0.466 e. The number of esters is 1. The summed E-state index contributed by atoms with van der Waals surface area (Å²) in [6.45, 7) is 4.40. The van der Waals surface area contributed by atoms with E-state index < -0.39 is 10.0 Å². The number of aromatic nitrogens is 2. The van der Waals surface area contributed by atoms with E-state index in [4.69, 9.17) is 9.47 Å². The molecular formula is C23H31N7O5S. The molecule has 1 aliphatic rings. The second kappa shape index (κ2) is 13.1. The van der Waals surface area contributed by atoms with Crippen molar-refractivity contribution in [1.82, 2.24) is 20.0 Å². The zero-order chi connectivity index (χ0) is 26.0. The van der Waals surface area contributed by atoms with E-state index in [1.807, 2.05) is 4.90 Å². The molecule has 2 aromatic rings. The van der Waals surface area contributed by atoms with Crippen molar-refractivity contribution in [2.45, 2.75) is 30.7 Å². The second-order valence-corrected chi connectivity index (χ2v) is 9.88. The average molecular weight is 518 g/mol. The third-order valence-electron chi connectivity index (χ3n) is 5.51. The van der Waals surface area contributed by atoms with E-state index in [1.165, 1.54) is 25.3 Å². The highest BCUT2D eigenvalue weighted by molar-refractivity contribution is 7.89. The van der Waals surface area contributed by atoms with Crippen molar-refractivity contribution in [3.63, 3.8) is 0 Å². The van der Waals surface area contributed by atoms with Crippen molar-refractivity contribution in [2.75, 3.05) is 56.7 Å². The lowest BCUT2D eigenvalue weighted by molar-refractivity contribution is -0.141. The van der Waals surface area contributed by atoms with Crippen LogP contribution in [0, 0.1) is 11.3 Å². The summed E-state index contributed by atoms with van der Waals surface area (Å²) in [4.78, 5) is 22.1. The Kier molecular flexibility index (Phi) is 9.95. The third-order valence-corrected chi connectivity index (χ3v) is 6.98. The van der Waals surface area contributed by atoms with Gasteiger partial charge in [-0.25, -0.2) is 18.1 Å². The summed E-state index contributed by atoms with van der Waals surface area (Å²) in [5.74, 6) is 0.426. The largest absolute Gasteiger partial charge is 0.466 e. The van der Waals surface area contributed by atoms with Crippen LogP contribution in [0.5, 0.6) is 0 Å². The normalized spacial score (nSPS) is 15.8. The maximum atomic E-state index is 12.4. The van der Waals surface area contributed by atoms with Gasteiger partial charge < -0.3 is 25.0 Å². The maximum Gasteiger partial charge on any atom is 0.302 e. The Morgan fingerprint density at radius 2 is 2.08 bits per heavy atom. The number of methoxy groups -OCH3 is 1. The summed E-state index contributed by atoms with van der Waals surface area (Å²) >= 11 is 0. The fourth-order valence-corrected chi connectivity index (χ4v) is 4.79. The van der Waals surface area contributed by atoms with Crippen LogP contribution >= 0.6 is 0 Å². The maximum absolute atomic E-state index is 12.4. The van der Waals surface area contributed by atoms with E-state index in [-0.39, 0.29) is 36.0 Å². The van der Waals surface area contributed by atoms with Gasteiger partial charge in [0.15, 0.2) is 5.82 Å². The smallest absolute Gasteiger partial charge is 0.302 e. The van der Waals surface area contributed by atoms with Crippen molar-refractivity contribution >= 4 is 33.4 Å². The van der Waals surface area contributed by atoms with Crippen molar-refractivity contribution < 1.29 is 22.7 Å². The number of piperazine rings is 1. The fourth-order valence-electron chi connectivity index (χ4n) is 3.72. The van der Waals surface area contributed by atoms with Gasteiger partial charge in [0.25, 0.3) is 0 Å². The van der Waals surface area contributed by atoms with Crippen molar-refractivity contribution in [3.05, 3.63) is 36.0 Å². The first-order chi connectivity index (χ1) is 17.3. The summed E-state index contributed by atoms with van der Waals surface area (Å²) in [6.07, 6.45) is 2.61. The van der Waals surface area contributed by atoms with Gasteiger partial charge in [-0.2, -0.15) is 10.2 Å². The molecule has 12 nitrogen and oxygen atoms in total. The molecule has 1 atom stereocenters. The molecule has 13 heteroatoms. The number of sulfonamides is 1. The van der Waals surface area contributed by atoms with Gasteiger partial charge in [-0.05, 0) is 30.7 Å². The zero-order valence-electron chi connectivity index (χ0n) is 20.4. The highest BCUT2D eigenvalue weighted by Gasteiger charge is 2.26. The Bertz CT molecular complexity index is 1170. The second-order valence-electron chi connectivity index (χ2n) is 8.12. The number of hydrogen-bond acceptors (Lipinski definition) is 11. The lowest BCUT2D eigenvalue weighted by atomic mass is 10.1. The number of anilines is 3. The number of nitrogens with zero attached hydrogens (tertiary/aromatic N) is 4. The number of nitriles is 1. The lowest BCUT2D eigenvalue weighted by Gasteiger charge is -2.37. The third kappa shape index (κ3) is 7.59. The van der Waals surface area contributed by atoms with Crippen LogP contribution in [0.2, 0.25) is 0 Å². The van der Waals surface area contributed by atoms with Crippen LogP contribution in [-0.4, -0.2) is 76.9 Å². The predicted octanol–water partition coefficient (Wildman–Crippen LogP) is 1.14. The summed E-state index contributed by atoms with van der Waals surface area (Å²) in [7, 11) is -2.06. The molecule has 0 spiro atoms. The monoisotopic (exact) mass is 517 g/mol. The number of ether oxygens (including phenoxy) is 2. The van der Waals surface area contributed by atoms with E-state index in [0.717, 1.165) is 6.54 Å². The van der Waals surface area contributed by atoms with Gasteiger partial charge in [0.2, 0.25) is 16.0 Å². The first-order valence-electron chi connectivity index (χ1n) is 11.6. The van der Waals surface area contributed by atoms with E-state index in [9.17, 15) is 18.5 Å². The molecule has 1 aromatic heterocycles. The van der Waals surface area contributed by atoms with Crippen LogP contribution in [-0.2, 0) is 24.3 Å². The van der Waals surface area contributed by atoms with Crippen LogP contribution in [0.1, 0.15) is 25.3 Å². The molecule has 194 valence electrons. The van der Waals surface area contributed by atoms with Gasteiger partial charge in [0.05, 0.1) is 17.7 Å². The van der Waals surface area contributed by atoms with Gasteiger partial charge in [-0.1, -0.05) is 0 Å². The number of nitrogens with one attached hydrogen (secondary N) is 3. The molecule has 0 saturated carbocycles. The number of benzene rings is 1. The molecule has 36 heavy (non-hydrogen) atoms. The first-order valence-corrected chi connectivity index (χ1v) is 13.1. The molecule has 1 fully saturated rings. The zero-order valence-corrected chi connectivity index (χ0v) is 21.2. The molecule has 0 aliphatic carbocycles. The molecule has 0 bridgehead atoms. The number of hydrogen-bond donors (Lipinski definition) is 3. The summed E-state index contributed by atoms with van der Waals surface area (Å²) < 4.78 is 37.4. The van der Waals surface area contributed by atoms with Crippen molar-refractivity contribution in [2.24, 2.45) is 0 Å². The van der Waals surface area contributed by atoms with Gasteiger partial charge in [0.1, 0.15) is 11.6 Å². The number of rotatable bonds is 12. The van der Waals surface area contributed by atoms with Crippen molar-refractivity contribution in [1.29, 1.82) is 5.26 Å². The van der Waals surface area contributed by atoms with E-state index in [0.29, 0.717) is 49.6 Å². The van der Waals surface area contributed by atoms with E-state index >= 15 is 0 Å². The quantitative estimate of drug-likeness (QED) is 0.274.